The number of nitrogens with zero attached hydrogens (tertiary/aromatic N) is 1. The first-order valence-corrected chi connectivity index (χ1v) is 12.6. The summed E-state index contributed by atoms with van der Waals surface area (Å²) in [5, 5.41) is 9.95. The quantitative estimate of drug-likeness (QED) is 0.529. The minimum atomic E-state index is -0.592. The normalized spacial score (nSPS) is 36.1. The second-order valence-corrected chi connectivity index (χ2v) is 11.6. The van der Waals surface area contributed by atoms with Crippen molar-refractivity contribution in [3.63, 3.8) is 0 Å². The number of hydrogen-bond donors (Lipinski definition) is 0. The van der Waals surface area contributed by atoms with Crippen LogP contribution in [0.25, 0.3) is 11.3 Å². The molecule has 0 radical (unpaired) electrons. The van der Waals surface area contributed by atoms with Crippen LogP contribution in [-0.2, 0) is 16.6 Å². The van der Waals surface area contributed by atoms with Crippen LogP contribution in [0.5, 0.6) is 0 Å². The van der Waals surface area contributed by atoms with Crippen LogP contribution in [0.3, 0.4) is 0 Å². The summed E-state index contributed by atoms with van der Waals surface area (Å²) in [6, 6.07) is 8.23. The zero-order valence-electron chi connectivity index (χ0n) is 19.8. The summed E-state index contributed by atoms with van der Waals surface area (Å²) in [6.07, 6.45) is 7.37. The maximum atomic E-state index is 13.6. The lowest BCUT2D eigenvalue weighted by Crippen LogP contribution is -2.54. The fourth-order valence-corrected chi connectivity index (χ4v) is 8.61. The van der Waals surface area contributed by atoms with Gasteiger partial charge in [0, 0.05) is 24.0 Å². The number of hydrogen-bond acceptors (Lipinski definition) is 4. The molecule has 2 aromatic rings. The Morgan fingerprint density at radius 2 is 1.79 bits per heavy atom. The molecule has 4 aliphatic rings. The van der Waals surface area contributed by atoms with Crippen LogP contribution in [0.4, 0.5) is 4.39 Å². The number of carbonyl (C=O) groups excluding carboxylic acids is 1. The van der Waals surface area contributed by atoms with Crippen molar-refractivity contribution in [2.45, 2.75) is 70.6 Å². The molecule has 0 aliphatic heterocycles. The van der Waals surface area contributed by atoms with Gasteiger partial charge in [0.2, 0.25) is 0 Å². The lowest BCUT2D eigenvalue weighted by atomic mass is 9.45. The van der Waals surface area contributed by atoms with Crippen LogP contribution in [0.1, 0.15) is 75.5 Å². The molecule has 34 heavy (non-hydrogen) atoms. The van der Waals surface area contributed by atoms with E-state index in [-0.39, 0.29) is 22.2 Å². The van der Waals surface area contributed by atoms with Gasteiger partial charge in [0.15, 0.2) is 0 Å². The van der Waals surface area contributed by atoms with E-state index in [2.05, 4.69) is 19.9 Å². The highest BCUT2D eigenvalue weighted by atomic mass is 19.1. The van der Waals surface area contributed by atoms with Crippen molar-refractivity contribution in [1.82, 2.24) is 0 Å². The van der Waals surface area contributed by atoms with Gasteiger partial charge in [0.1, 0.15) is 29.0 Å². The molecule has 0 spiro atoms. The molecule has 1 heterocycles. The number of ketones is 1. The van der Waals surface area contributed by atoms with E-state index in [9.17, 15) is 19.2 Å². The third kappa shape index (κ3) is 2.87. The van der Waals surface area contributed by atoms with Crippen molar-refractivity contribution in [3.8, 4) is 17.4 Å². The molecule has 6 rings (SSSR count). The molecule has 1 aromatic heterocycles. The number of nitriles is 1. The first-order chi connectivity index (χ1) is 16.3. The predicted molar refractivity (Wildman–Crippen MR) is 126 cm³/mol. The van der Waals surface area contributed by atoms with Crippen LogP contribution >= 0.6 is 0 Å². The second kappa shape index (κ2) is 7.38. The smallest absolute Gasteiger partial charge is 0.354 e. The predicted octanol–water partition coefficient (Wildman–Crippen LogP) is 5.94. The highest BCUT2D eigenvalue weighted by Crippen LogP contribution is 2.66. The van der Waals surface area contributed by atoms with Crippen molar-refractivity contribution in [3.05, 3.63) is 57.2 Å². The zero-order valence-corrected chi connectivity index (χ0v) is 19.8. The number of halogens is 1. The number of benzene rings is 1. The Morgan fingerprint density at radius 1 is 1.03 bits per heavy atom. The summed E-state index contributed by atoms with van der Waals surface area (Å²) in [5.74, 6) is 2.46. The molecule has 176 valence electrons. The first kappa shape index (κ1) is 21.8. The van der Waals surface area contributed by atoms with E-state index in [4.69, 9.17) is 4.42 Å². The van der Waals surface area contributed by atoms with E-state index >= 15 is 0 Å². The monoisotopic (exact) mass is 459 g/mol. The van der Waals surface area contributed by atoms with Crippen molar-refractivity contribution < 1.29 is 13.6 Å². The highest BCUT2D eigenvalue weighted by molar-refractivity contribution is 5.79. The molecule has 3 unspecified atom stereocenters. The molecule has 4 nitrogen and oxygen atoms in total. The molecular weight excluding hydrogens is 429 g/mol. The molecule has 0 amide bonds. The summed E-state index contributed by atoms with van der Waals surface area (Å²) >= 11 is 0. The Bertz CT molecular complexity index is 1290. The SMILES string of the molecule is C[C@]12CCC3C(CC[C@H]4CC(=O)CC[C@]34C)C1Cc1c(-c3ccc(F)cc3)oc(=O)c(C#N)c12. The molecule has 0 N–H and O–H groups in total. The van der Waals surface area contributed by atoms with Gasteiger partial charge in [-0.25, -0.2) is 9.18 Å². The molecular formula is C29H30FNO3. The van der Waals surface area contributed by atoms with Crippen LogP contribution < -0.4 is 5.63 Å². The second-order valence-electron chi connectivity index (χ2n) is 11.6. The van der Waals surface area contributed by atoms with Gasteiger partial charge in [0.05, 0.1) is 0 Å². The minimum absolute atomic E-state index is 0.146. The summed E-state index contributed by atoms with van der Waals surface area (Å²) < 4.78 is 19.3. The van der Waals surface area contributed by atoms with Gasteiger partial charge < -0.3 is 4.42 Å². The fraction of sp³-hybridized carbons (Fsp3) is 0.552. The van der Waals surface area contributed by atoms with Gasteiger partial charge in [-0.1, -0.05) is 13.8 Å². The zero-order chi connectivity index (χ0) is 23.8. The Balaban J connectivity index is 1.47. The average molecular weight is 460 g/mol. The van der Waals surface area contributed by atoms with E-state index in [0.29, 0.717) is 47.2 Å². The van der Waals surface area contributed by atoms with Gasteiger partial charge in [-0.2, -0.15) is 5.26 Å². The number of Topliss-reactive ketones (excluding diaryl/α,β-unsaturated/α-hetero) is 1. The van der Waals surface area contributed by atoms with Crippen molar-refractivity contribution in [2.75, 3.05) is 0 Å². The van der Waals surface area contributed by atoms with Gasteiger partial charge >= 0.3 is 5.63 Å². The van der Waals surface area contributed by atoms with Crippen molar-refractivity contribution >= 4 is 5.78 Å². The minimum Gasteiger partial charge on any atom is -0.421 e. The third-order valence-electron chi connectivity index (χ3n) is 10.3. The fourth-order valence-electron chi connectivity index (χ4n) is 8.61. The number of carbonyl (C=O) groups is 1. The standard InChI is InChI=1S/C29H30FNO3/c1-28-11-9-19(32)13-17(28)5-8-20-23(28)10-12-29(2)24(20)14-21-25(29)22(15-31)27(33)34-26(21)16-3-6-18(30)7-4-16/h3-4,6-7,17,20,23-24H,5,8-14H2,1-2H3/t17-,20?,23?,24?,28-,29-/m0/s1. The van der Waals surface area contributed by atoms with Gasteiger partial charge in [0.25, 0.3) is 0 Å². The van der Waals surface area contributed by atoms with Crippen LogP contribution in [0.2, 0.25) is 0 Å². The largest absolute Gasteiger partial charge is 0.421 e. The Labute approximate surface area is 199 Å². The first-order valence-electron chi connectivity index (χ1n) is 12.6. The Hall–Kier alpha value is -2.74. The van der Waals surface area contributed by atoms with E-state index < -0.39 is 5.63 Å². The summed E-state index contributed by atoms with van der Waals surface area (Å²) in [7, 11) is 0. The third-order valence-corrected chi connectivity index (χ3v) is 10.3. The van der Waals surface area contributed by atoms with E-state index in [0.717, 1.165) is 56.1 Å². The molecule has 3 fully saturated rings. The van der Waals surface area contributed by atoms with Gasteiger partial charge in [-0.15, -0.1) is 0 Å². The molecule has 0 bridgehead atoms. The topological polar surface area (TPSA) is 71.1 Å². The lowest BCUT2D eigenvalue weighted by Gasteiger charge is -2.59. The van der Waals surface area contributed by atoms with E-state index in [1.807, 2.05) is 0 Å². The van der Waals surface area contributed by atoms with Gasteiger partial charge in [-0.3, -0.25) is 4.79 Å². The number of rotatable bonds is 1. The molecule has 3 saturated carbocycles. The number of fused-ring (bicyclic) bond motifs is 7. The Morgan fingerprint density at radius 3 is 2.53 bits per heavy atom. The molecule has 1 aromatic carbocycles. The Kier molecular flexibility index (Phi) is 4.72. The molecule has 6 atom stereocenters. The van der Waals surface area contributed by atoms with Crippen molar-refractivity contribution in [1.29, 1.82) is 5.26 Å². The molecule has 0 saturated heterocycles. The van der Waals surface area contributed by atoms with E-state index in [1.54, 1.807) is 12.1 Å². The maximum Gasteiger partial charge on any atom is 0.354 e. The molecule has 4 aliphatic carbocycles. The van der Waals surface area contributed by atoms with Gasteiger partial charge in [-0.05, 0) is 103 Å². The van der Waals surface area contributed by atoms with Crippen LogP contribution in [-0.4, -0.2) is 5.78 Å². The van der Waals surface area contributed by atoms with E-state index in [1.165, 1.54) is 12.1 Å². The lowest BCUT2D eigenvalue weighted by molar-refractivity contribution is -0.135. The summed E-state index contributed by atoms with van der Waals surface area (Å²) in [6.45, 7) is 4.66. The summed E-state index contributed by atoms with van der Waals surface area (Å²) in [4.78, 5) is 25.1. The molecule has 5 heteroatoms. The maximum absolute atomic E-state index is 13.6. The highest BCUT2D eigenvalue weighted by Gasteiger charge is 2.60. The van der Waals surface area contributed by atoms with Crippen LogP contribution in [0.15, 0.2) is 33.5 Å². The van der Waals surface area contributed by atoms with Crippen LogP contribution in [0, 0.1) is 46.2 Å². The van der Waals surface area contributed by atoms with Crippen molar-refractivity contribution in [2.24, 2.45) is 29.1 Å². The average Bonchev–Trinajstić information content (AvgIpc) is 3.13. The summed E-state index contributed by atoms with van der Waals surface area (Å²) in [5.41, 5.74) is 2.01.